The number of benzene rings is 2. The Morgan fingerprint density at radius 2 is 1.96 bits per heavy atom. The molecule has 27 heavy (non-hydrogen) atoms. The summed E-state index contributed by atoms with van der Waals surface area (Å²) in [5, 5.41) is 13.2. The number of halogens is 1. The predicted octanol–water partition coefficient (Wildman–Crippen LogP) is 4.29. The average Bonchev–Trinajstić information content (AvgIpc) is 3.13. The largest absolute Gasteiger partial charge is 0.355 e. The Labute approximate surface area is 157 Å². The summed E-state index contributed by atoms with van der Waals surface area (Å²) >= 11 is 1.41. The zero-order chi connectivity index (χ0) is 19.0. The second-order valence-electron chi connectivity index (χ2n) is 5.92. The van der Waals surface area contributed by atoms with Gasteiger partial charge in [0.1, 0.15) is 5.82 Å². The summed E-state index contributed by atoms with van der Waals surface area (Å²) in [5.41, 5.74) is 1.21. The third-order valence-corrected chi connectivity index (χ3v) is 5.39. The first-order chi connectivity index (χ1) is 13.1. The Hall–Kier alpha value is -3.24. The van der Waals surface area contributed by atoms with Gasteiger partial charge in [0.15, 0.2) is 23.2 Å². The van der Waals surface area contributed by atoms with Gasteiger partial charge in [0.25, 0.3) is 0 Å². The van der Waals surface area contributed by atoms with Crippen LogP contribution >= 0.6 is 11.8 Å². The Balaban J connectivity index is 1.72. The fourth-order valence-corrected chi connectivity index (χ4v) is 3.98. The van der Waals surface area contributed by atoms with Gasteiger partial charge in [-0.2, -0.15) is 5.26 Å². The first-order valence-electron chi connectivity index (χ1n) is 8.04. The summed E-state index contributed by atoms with van der Waals surface area (Å²) in [6.45, 7) is 0. The lowest BCUT2D eigenvalue weighted by molar-refractivity contribution is 0.0840. The van der Waals surface area contributed by atoms with E-state index < -0.39 is 23.3 Å². The number of carbonyl (C=O) groups excluding carboxylic acids is 2. The van der Waals surface area contributed by atoms with Crippen molar-refractivity contribution in [2.75, 3.05) is 0 Å². The van der Waals surface area contributed by atoms with E-state index in [4.69, 9.17) is 4.52 Å². The second-order valence-corrected chi connectivity index (χ2v) is 6.94. The molecule has 0 bridgehead atoms. The normalized spacial score (nSPS) is 13.2. The van der Waals surface area contributed by atoms with Crippen LogP contribution in [0.15, 0.2) is 57.9 Å². The molecule has 2 heterocycles. The summed E-state index contributed by atoms with van der Waals surface area (Å²) in [7, 11) is 0. The third kappa shape index (κ3) is 2.94. The van der Waals surface area contributed by atoms with Crippen LogP contribution in [0.5, 0.6) is 0 Å². The van der Waals surface area contributed by atoms with Gasteiger partial charge < -0.3 is 4.52 Å². The van der Waals surface area contributed by atoms with Crippen molar-refractivity contribution in [1.82, 2.24) is 5.16 Å². The number of rotatable bonds is 4. The van der Waals surface area contributed by atoms with Crippen LogP contribution in [0.4, 0.5) is 4.39 Å². The molecule has 0 spiro atoms. The van der Waals surface area contributed by atoms with Gasteiger partial charge in [-0.25, -0.2) is 4.39 Å². The molecule has 5 nitrogen and oxygen atoms in total. The van der Waals surface area contributed by atoms with Crippen LogP contribution in [0.3, 0.4) is 0 Å². The van der Waals surface area contributed by atoms with Gasteiger partial charge in [0, 0.05) is 27.3 Å². The van der Waals surface area contributed by atoms with Gasteiger partial charge in [-0.15, -0.1) is 11.8 Å². The first-order valence-corrected chi connectivity index (χ1v) is 9.03. The minimum atomic E-state index is -1.51. The average molecular weight is 378 g/mol. The number of hydrogen-bond acceptors (Lipinski definition) is 6. The lowest BCUT2D eigenvalue weighted by atomic mass is 9.91. The maximum atomic E-state index is 13.6. The minimum absolute atomic E-state index is 0.0526. The molecule has 0 aliphatic carbocycles. The van der Waals surface area contributed by atoms with Crippen molar-refractivity contribution in [2.45, 2.75) is 10.6 Å². The molecule has 2 aromatic carbocycles. The summed E-state index contributed by atoms with van der Waals surface area (Å²) in [5.74, 6) is -2.56. The molecule has 0 saturated carbocycles. The standard InChI is InChI=1S/C20H11FN2O3S/c21-12-6-7-16-13(8-12)20-15(10-27-16)17(23-26-20)19(25)14(9-22)18(24)11-4-2-1-3-5-11/h1-8,14H,10H2. The van der Waals surface area contributed by atoms with Crippen molar-refractivity contribution in [1.29, 1.82) is 5.26 Å². The molecule has 1 aliphatic rings. The van der Waals surface area contributed by atoms with Crippen LogP contribution in [-0.4, -0.2) is 16.7 Å². The number of nitrogens with zero attached hydrogens (tertiary/aromatic N) is 2. The van der Waals surface area contributed by atoms with Crippen LogP contribution in [0, 0.1) is 23.1 Å². The summed E-state index contributed by atoms with van der Waals surface area (Å²) < 4.78 is 18.9. The highest BCUT2D eigenvalue weighted by molar-refractivity contribution is 7.98. The fourth-order valence-electron chi connectivity index (χ4n) is 2.95. The Morgan fingerprint density at radius 1 is 1.19 bits per heavy atom. The topological polar surface area (TPSA) is 84.0 Å². The minimum Gasteiger partial charge on any atom is -0.355 e. The van der Waals surface area contributed by atoms with Gasteiger partial charge in [0.05, 0.1) is 6.07 Å². The lowest BCUT2D eigenvalue weighted by Gasteiger charge is -2.14. The predicted molar refractivity (Wildman–Crippen MR) is 95.7 cm³/mol. The summed E-state index contributed by atoms with van der Waals surface area (Å²) in [6.07, 6.45) is 0. The second kappa shape index (κ2) is 6.82. The number of ketones is 2. The zero-order valence-electron chi connectivity index (χ0n) is 13.8. The maximum absolute atomic E-state index is 13.6. The van der Waals surface area contributed by atoms with Crippen LogP contribution in [0.25, 0.3) is 11.3 Å². The molecule has 1 atom stereocenters. The highest BCUT2D eigenvalue weighted by atomic mass is 32.2. The van der Waals surface area contributed by atoms with E-state index in [9.17, 15) is 19.2 Å². The number of carbonyl (C=O) groups is 2. The zero-order valence-corrected chi connectivity index (χ0v) is 14.6. The van der Waals surface area contributed by atoms with E-state index >= 15 is 0 Å². The van der Waals surface area contributed by atoms with Gasteiger partial charge >= 0.3 is 0 Å². The van der Waals surface area contributed by atoms with Crippen LogP contribution in [0.1, 0.15) is 26.4 Å². The molecule has 0 amide bonds. The highest BCUT2D eigenvalue weighted by Gasteiger charge is 2.35. The van der Waals surface area contributed by atoms with Crippen LogP contribution in [0.2, 0.25) is 0 Å². The van der Waals surface area contributed by atoms with E-state index in [1.54, 1.807) is 42.5 Å². The van der Waals surface area contributed by atoms with Crippen molar-refractivity contribution in [2.24, 2.45) is 5.92 Å². The van der Waals surface area contributed by atoms with Gasteiger partial charge in [-0.3, -0.25) is 9.59 Å². The molecular formula is C20H11FN2O3S. The SMILES string of the molecule is N#CC(C(=O)c1ccccc1)C(=O)c1noc2c1CSc1ccc(F)cc1-2. The Kier molecular flexibility index (Phi) is 4.34. The van der Waals surface area contributed by atoms with Crippen molar-refractivity contribution < 1.29 is 18.5 Å². The quantitative estimate of drug-likeness (QED) is 0.497. The lowest BCUT2D eigenvalue weighted by Crippen LogP contribution is -2.24. The molecule has 0 radical (unpaired) electrons. The van der Waals surface area contributed by atoms with Crippen molar-refractivity contribution in [3.8, 4) is 17.4 Å². The number of hydrogen-bond donors (Lipinski definition) is 0. The molecule has 7 heteroatoms. The molecule has 1 aliphatic heterocycles. The molecule has 0 saturated heterocycles. The van der Waals surface area contributed by atoms with Gasteiger partial charge in [-0.1, -0.05) is 35.5 Å². The summed E-state index contributed by atoms with van der Waals surface area (Å²) in [4.78, 5) is 26.2. The Morgan fingerprint density at radius 3 is 2.70 bits per heavy atom. The Bertz CT molecular complexity index is 1100. The molecule has 0 fully saturated rings. The maximum Gasteiger partial charge on any atom is 0.210 e. The van der Waals surface area contributed by atoms with Crippen LogP contribution in [-0.2, 0) is 5.75 Å². The number of aromatic nitrogens is 1. The smallest absolute Gasteiger partial charge is 0.210 e. The molecule has 1 unspecified atom stereocenters. The number of nitriles is 1. The monoisotopic (exact) mass is 378 g/mol. The van der Waals surface area contributed by atoms with E-state index in [1.807, 2.05) is 0 Å². The van der Waals surface area contributed by atoms with E-state index in [0.717, 1.165) is 4.90 Å². The molecule has 3 aromatic rings. The van der Waals surface area contributed by atoms with E-state index in [2.05, 4.69) is 5.16 Å². The molecule has 0 N–H and O–H groups in total. The molecular weight excluding hydrogens is 367 g/mol. The number of Topliss-reactive ketones (excluding diaryl/α,β-unsaturated/α-hetero) is 2. The highest BCUT2D eigenvalue weighted by Crippen LogP contribution is 2.43. The first kappa shape index (κ1) is 17.2. The molecule has 4 rings (SSSR count). The molecule has 132 valence electrons. The van der Waals surface area contributed by atoms with E-state index in [1.165, 1.54) is 23.9 Å². The van der Waals surface area contributed by atoms with Crippen molar-refractivity contribution >= 4 is 23.3 Å². The van der Waals surface area contributed by atoms with E-state index in [-0.39, 0.29) is 11.3 Å². The number of fused-ring (bicyclic) bond motifs is 3. The van der Waals surface area contributed by atoms with Crippen molar-refractivity contribution in [3.05, 3.63) is 71.2 Å². The van der Waals surface area contributed by atoms with E-state index in [0.29, 0.717) is 22.6 Å². The number of thioether (sulfide) groups is 1. The van der Waals surface area contributed by atoms with Gasteiger partial charge in [0.2, 0.25) is 5.78 Å². The third-order valence-electron chi connectivity index (χ3n) is 4.29. The van der Waals surface area contributed by atoms with Gasteiger partial charge in [-0.05, 0) is 18.2 Å². The summed E-state index contributed by atoms with van der Waals surface area (Å²) in [6, 6.07) is 14.2. The van der Waals surface area contributed by atoms with Crippen LogP contribution < -0.4 is 0 Å². The molecule has 1 aromatic heterocycles. The van der Waals surface area contributed by atoms with Crippen molar-refractivity contribution in [3.63, 3.8) is 0 Å². The fraction of sp³-hybridized carbons (Fsp3) is 0.100.